The van der Waals surface area contributed by atoms with E-state index >= 15 is 0 Å². The molecule has 0 aromatic heterocycles. The first-order valence-corrected chi connectivity index (χ1v) is 8.68. The van der Waals surface area contributed by atoms with Gasteiger partial charge in [0.25, 0.3) is 0 Å². The molecule has 2 aromatic rings. The van der Waals surface area contributed by atoms with Gasteiger partial charge in [0.05, 0.1) is 36.9 Å². The van der Waals surface area contributed by atoms with Crippen LogP contribution < -0.4 is 14.2 Å². The van der Waals surface area contributed by atoms with Crippen molar-refractivity contribution in [1.29, 1.82) is 5.26 Å². The van der Waals surface area contributed by atoms with Crippen molar-refractivity contribution >= 4 is 27.6 Å². The number of allylic oxidation sites excluding steroid dienone is 1. The topological polar surface area (TPSA) is 51.5 Å². The third kappa shape index (κ3) is 4.77. The second-order valence-corrected chi connectivity index (χ2v) is 6.14. The van der Waals surface area contributed by atoms with Gasteiger partial charge in [-0.1, -0.05) is 6.92 Å². The van der Waals surface area contributed by atoms with E-state index in [-0.39, 0.29) is 0 Å². The number of nitrogens with zero attached hydrogens (tertiary/aromatic N) is 1. The van der Waals surface area contributed by atoms with Crippen molar-refractivity contribution < 1.29 is 14.2 Å². The quantitative estimate of drug-likeness (QED) is 0.465. The van der Waals surface area contributed by atoms with Crippen molar-refractivity contribution in [1.82, 2.24) is 0 Å². The Hall–Kier alpha value is -2.45. The van der Waals surface area contributed by atoms with Crippen molar-refractivity contribution in [3.05, 3.63) is 52.0 Å². The van der Waals surface area contributed by atoms with Crippen molar-refractivity contribution in [2.75, 3.05) is 20.8 Å². The predicted molar refractivity (Wildman–Crippen MR) is 103 cm³/mol. The molecule has 0 aliphatic heterocycles. The summed E-state index contributed by atoms with van der Waals surface area (Å²) in [5.41, 5.74) is 2.23. The van der Waals surface area contributed by atoms with Crippen LogP contribution in [0.25, 0.3) is 11.6 Å². The lowest BCUT2D eigenvalue weighted by molar-refractivity contribution is 0.292. The molecule has 0 N–H and O–H groups in total. The minimum atomic E-state index is 0.554. The first-order chi connectivity index (χ1) is 12.1. The number of benzene rings is 2. The largest absolute Gasteiger partial charge is 0.497 e. The second kappa shape index (κ2) is 9.14. The lowest BCUT2D eigenvalue weighted by Crippen LogP contribution is -1.99. The average molecular weight is 402 g/mol. The minimum absolute atomic E-state index is 0.554. The van der Waals surface area contributed by atoms with E-state index in [2.05, 4.69) is 22.0 Å². The number of nitriles is 1. The molecule has 0 saturated carbocycles. The first-order valence-electron chi connectivity index (χ1n) is 7.89. The van der Waals surface area contributed by atoms with E-state index in [1.54, 1.807) is 14.2 Å². The van der Waals surface area contributed by atoms with E-state index in [4.69, 9.17) is 14.2 Å². The summed E-state index contributed by atoms with van der Waals surface area (Å²) in [5, 5.41) is 9.52. The van der Waals surface area contributed by atoms with Gasteiger partial charge in [-0.3, -0.25) is 0 Å². The summed E-state index contributed by atoms with van der Waals surface area (Å²) in [7, 11) is 3.21. The average Bonchev–Trinajstić information content (AvgIpc) is 2.65. The number of hydrogen-bond acceptors (Lipinski definition) is 4. The van der Waals surface area contributed by atoms with Crippen LogP contribution in [0.1, 0.15) is 24.5 Å². The zero-order chi connectivity index (χ0) is 18.2. The highest BCUT2D eigenvalue weighted by molar-refractivity contribution is 9.10. The third-order valence-electron chi connectivity index (χ3n) is 3.53. The zero-order valence-corrected chi connectivity index (χ0v) is 16.1. The molecule has 0 atom stereocenters. The van der Waals surface area contributed by atoms with Gasteiger partial charge in [-0.25, -0.2) is 0 Å². The minimum Gasteiger partial charge on any atom is -0.497 e. The smallest absolute Gasteiger partial charge is 0.175 e. The van der Waals surface area contributed by atoms with Gasteiger partial charge in [0.15, 0.2) is 11.5 Å². The number of ether oxygens (including phenoxy) is 3. The van der Waals surface area contributed by atoms with Crippen LogP contribution in [0.3, 0.4) is 0 Å². The Morgan fingerprint density at radius 1 is 1.16 bits per heavy atom. The fraction of sp³-hybridized carbons (Fsp3) is 0.250. The molecule has 0 unspecified atom stereocenters. The van der Waals surface area contributed by atoms with Crippen molar-refractivity contribution in [2.24, 2.45) is 0 Å². The number of rotatable bonds is 7. The molecule has 0 saturated heterocycles. The molecule has 2 aromatic carbocycles. The zero-order valence-electron chi connectivity index (χ0n) is 14.5. The number of halogens is 1. The highest BCUT2D eigenvalue weighted by atomic mass is 79.9. The summed E-state index contributed by atoms with van der Waals surface area (Å²) in [6, 6.07) is 13.4. The van der Waals surface area contributed by atoms with Crippen LogP contribution in [0, 0.1) is 11.3 Å². The molecule has 0 fully saturated rings. The van der Waals surface area contributed by atoms with Crippen molar-refractivity contribution in [3.8, 4) is 23.3 Å². The Kier molecular flexibility index (Phi) is 6.91. The molecule has 25 heavy (non-hydrogen) atoms. The van der Waals surface area contributed by atoms with Crippen LogP contribution in [0.4, 0.5) is 0 Å². The van der Waals surface area contributed by atoms with Crippen molar-refractivity contribution in [3.63, 3.8) is 0 Å². The van der Waals surface area contributed by atoms with E-state index in [1.165, 1.54) is 0 Å². The summed E-state index contributed by atoms with van der Waals surface area (Å²) in [4.78, 5) is 0. The molecule has 0 spiro atoms. The van der Waals surface area contributed by atoms with Crippen LogP contribution in [0.15, 0.2) is 40.9 Å². The van der Waals surface area contributed by atoms with Crippen LogP contribution in [-0.2, 0) is 0 Å². The van der Waals surface area contributed by atoms with Crippen LogP contribution in [-0.4, -0.2) is 20.8 Å². The Labute approximate surface area is 156 Å². The summed E-state index contributed by atoms with van der Waals surface area (Å²) in [6.07, 6.45) is 2.73. The van der Waals surface area contributed by atoms with Gasteiger partial charge >= 0.3 is 0 Å². The molecule has 0 aliphatic carbocycles. The third-order valence-corrected chi connectivity index (χ3v) is 4.12. The van der Waals surface area contributed by atoms with Crippen LogP contribution in [0.2, 0.25) is 0 Å². The SMILES string of the molecule is CCCOc1c(Br)cc(/C=C(\C#N)c2ccc(OC)cc2)cc1OC. The molecular weight excluding hydrogens is 382 g/mol. The van der Waals surface area contributed by atoms with E-state index in [0.717, 1.165) is 27.8 Å². The normalized spacial score (nSPS) is 10.9. The Morgan fingerprint density at radius 3 is 2.44 bits per heavy atom. The molecule has 0 heterocycles. The van der Waals surface area contributed by atoms with Crippen molar-refractivity contribution in [2.45, 2.75) is 13.3 Å². The Bertz CT molecular complexity index is 792. The van der Waals surface area contributed by atoms with Gasteiger partial charge in [0.2, 0.25) is 0 Å². The second-order valence-electron chi connectivity index (χ2n) is 5.28. The van der Waals surface area contributed by atoms with Gasteiger partial charge < -0.3 is 14.2 Å². The number of methoxy groups -OCH3 is 2. The lowest BCUT2D eigenvalue weighted by Gasteiger charge is -2.13. The monoisotopic (exact) mass is 401 g/mol. The Morgan fingerprint density at radius 2 is 1.88 bits per heavy atom. The van der Waals surface area contributed by atoms with Gasteiger partial charge in [-0.05, 0) is 76.0 Å². The fourth-order valence-corrected chi connectivity index (χ4v) is 2.86. The van der Waals surface area contributed by atoms with E-state index in [9.17, 15) is 5.26 Å². The fourth-order valence-electron chi connectivity index (χ4n) is 2.28. The molecule has 0 bridgehead atoms. The standard InChI is InChI=1S/C20H20BrNO3/c1-4-9-25-20-18(21)11-14(12-19(20)24-3)10-16(13-22)15-5-7-17(23-2)8-6-15/h5-8,10-12H,4,9H2,1-3H3/b16-10+. The summed E-state index contributed by atoms with van der Waals surface area (Å²) in [5.74, 6) is 2.05. The molecule has 2 rings (SSSR count). The highest BCUT2D eigenvalue weighted by Crippen LogP contribution is 2.37. The maximum atomic E-state index is 9.52. The molecule has 5 heteroatoms. The predicted octanol–water partition coefficient (Wildman–Crippen LogP) is 5.32. The maximum Gasteiger partial charge on any atom is 0.175 e. The molecule has 0 amide bonds. The van der Waals surface area contributed by atoms with E-state index in [0.29, 0.717) is 23.7 Å². The maximum absolute atomic E-state index is 9.52. The van der Waals surface area contributed by atoms with Gasteiger partial charge in [0.1, 0.15) is 5.75 Å². The van der Waals surface area contributed by atoms with Gasteiger partial charge in [0, 0.05) is 0 Å². The summed E-state index contributed by atoms with van der Waals surface area (Å²) >= 11 is 3.52. The van der Waals surface area contributed by atoms with Gasteiger partial charge in [-0.15, -0.1) is 0 Å². The van der Waals surface area contributed by atoms with Crippen LogP contribution >= 0.6 is 15.9 Å². The molecule has 130 valence electrons. The molecular formula is C20H20BrNO3. The highest BCUT2D eigenvalue weighted by Gasteiger charge is 2.12. The summed E-state index contributed by atoms with van der Waals surface area (Å²) in [6.45, 7) is 2.66. The van der Waals surface area contributed by atoms with E-state index < -0.39 is 0 Å². The molecule has 0 aliphatic rings. The van der Waals surface area contributed by atoms with E-state index in [1.807, 2.05) is 49.4 Å². The first kappa shape index (κ1) is 18.9. The van der Waals surface area contributed by atoms with Crippen LogP contribution in [0.5, 0.6) is 17.2 Å². The molecule has 0 radical (unpaired) electrons. The number of hydrogen-bond donors (Lipinski definition) is 0. The van der Waals surface area contributed by atoms with Gasteiger partial charge in [-0.2, -0.15) is 5.26 Å². The lowest BCUT2D eigenvalue weighted by atomic mass is 10.0. The molecule has 4 nitrogen and oxygen atoms in total. The summed E-state index contributed by atoms with van der Waals surface area (Å²) < 4.78 is 17.1. The Balaban J connectivity index is 2.40.